The monoisotopic (exact) mass is 363 g/mol. The number of methoxy groups -OCH3 is 1. The van der Waals surface area contributed by atoms with E-state index in [1.807, 2.05) is 0 Å². The number of ether oxygens (including phenoxy) is 1. The Kier molecular flexibility index (Phi) is 7.93. The van der Waals surface area contributed by atoms with Gasteiger partial charge >= 0.3 is 0 Å². The first-order valence-electron chi connectivity index (χ1n) is 7.15. The highest BCUT2D eigenvalue weighted by Crippen LogP contribution is 2.18. The molecule has 0 saturated carbocycles. The quantitative estimate of drug-likeness (QED) is 0.561. The Labute approximate surface area is 142 Å². The normalized spacial score (nSPS) is 13.9. The Morgan fingerprint density at radius 3 is 2.78 bits per heavy atom. The van der Waals surface area contributed by atoms with Crippen LogP contribution in [0.5, 0.6) is 0 Å². The number of hydrogen-bond acceptors (Lipinski definition) is 5. The lowest BCUT2D eigenvalue weighted by molar-refractivity contribution is 0.0945. The van der Waals surface area contributed by atoms with Crippen LogP contribution in [0.15, 0.2) is 23.1 Å². The maximum Gasteiger partial charge on any atom is 0.251 e. The van der Waals surface area contributed by atoms with Crippen LogP contribution in [-0.2, 0) is 21.2 Å². The molecular formula is C14H22ClN3O4S. The van der Waals surface area contributed by atoms with Gasteiger partial charge in [0, 0.05) is 38.9 Å². The fraction of sp³-hybridized carbons (Fsp3) is 0.500. The van der Waals surface area contributed by atoms with Gasteiger partial charge < -0.3 is 15.4 Å². The zero-order valence-corrected chi connectivity index (χ0v) is 14.6. The summed E-state index contributed by atoms with van der Waals surface area (Å²) in [6, 6.07) is 4.68. The van der Waals surface area contributed by atoms with Gasteiger partial charge in [0.1, 0.15) is 0 Å². The summed E-state index contributed by atoms with van der Waals surface area (Å²) in [6.07, 6.45) is 0.720. The maximum absolute atomic E-state index is 12.2. The molecule has 9 heteroatoms. The summed E-state index contributed by atoms with van der Waals surface area (Å²) < 4.78 is 31.8. The minimum absolute atomic E-state index is 0. The summed E-state index contributed by atoms with van der Waals surface area (Å²) >= 11 is 0. The number of amides is 1. The summed E-state index contributed by atoms with van der Waals surface area (Å²) in [7, 11) is -2.00. The van der Waals surface area contributed by atoms with Gasteiger partial charge in [0.25, 0.3) is 5.91 Å². The number of halogens is 1. The average molecular weight is 364 g/mol. The molecule has 2 rings (SSSR count). The van der Waals surface area contributed by atoms with Crippen molar-refractivity contribution < 1.29 is 17.9 Å². The topological polar surface area (TPSA) is 96.5 Å². The molecule has 0 saturated heterocycles. The Balaban J connectivity index is 0.00000264. The van der Waals surface area contributed by atoms with Crippen LogP contribution in [0.2, 0.25) is 0 Å². The molecule has 3 N–H and O–H groups in total. The number of benzene rings is 1. The molecule has 23 heavy (non-hydrogen) atoms. The Hall–Kier alpha value is -1.19. The van der Waals surface area contributed by atoms with Crippen LogP contribution in [0.3, 0.4) is 0 Å². The van der Waals surface area contributed by atoms with Gasteiger partial charge in [-0.25, -0.2) is 13.1 Å². The van der Waals surface area contributed by atoms with Crippen LogP contribution in [0.4, 0.5) is 0 Å². The Morgan fingerprint density at radius 2 is 2.04 bits per heavy atom. The van der Waals surface area contributed by atoms with Crippen LogP contribution in [-0.4, -0.2) is 54.2 Å². The standard InChI is InChI=1S/C14H21N3O4S.ClH/c1-21-9-8-15-6-7-17-22(19,20)12-3-2-11-4-5-16-14(18)13(11)10-12;/h2-3,10,15,17H,4-9H2,1H3,(H,16,18);1H. The molecule has 1 aromatic rings. The van der Waals surface area contributed by atoms with Crippen molar-refractivity contribution >= 4 is 28.3 Å². The van der Waals surface area contributed by atoms with E-state index in [-0.39, 0.29) is 29.8 Å². The second-order valence-electron chi connectivity index (χ2n) is 4.97. The van der Waals surface area contributed by atoms with Crippen LogP contribution in [0, 0.1) is 0 Å². The van der Waals surface area contributed by atoms with Crippen molar-refractivity contribution in [3.05, 3.63) is 29.3 Å². The summed E-state index contributed by atoms with van der Waals surface area (Å²) in [4.78, 5) is 11.9. The predicted molar refractivity (Wildman–Crippen MR) is 89.7 cm³/mol. The van der Waals surface area contributed by atoms with Gasteiger partial charge in [0.05, 0.1) is 11.5 Å². The first kappa shape index (κ1) is 19.9. The predicted octanol–water partition coefficient (Wildman–Crippen LogP) is -0.0914. The molecule has 0 aliphatic carbocycles. The number of carbonyl (C=O) groups excluding carboxylic acids is 1. The van der Waals surface area contributed by atoms with E-state index in [1.54, 1.807) is 13.2 Å². The highest BCUT2D eigenvalue weighted by atomic mass is 35.5. The number of carbonyl (C=O) groups is 1. The maximum atomic E-state index is 12.2. The van der Waals surface area contributed by atoms with E-state index >= 15 is 0 Å². The van der Waals surface area contributed by atoms with Crippen molar-refractivity contribution in [1.82, 2.24) is 15.4 Å². The fourth-order valence-corrected chi connectivity index (χ4v) is 3.27. The van der Waals surface area contributed by atoms with Gasteiger partial charge in [-0.1, -0.05) is 6.07 Å². The van der Waals surface area contributed by atoms with Crippen LogP contribution < -0.4 is 15.4 Å². The molecular weight excluding hydrogens is 342 g/mol. The van der Waals surface area contributed by atoms with Gasteiger partial charge in [-0.05, 0) is 24.1 Å². The smallest absolute Gasteiger partial charge is 0.251 e. The van der Waals surface area contributed by atoms with E-state index in [0.717, 1.165) is 12.0 Å². The zero-order chi connectivity index (χ0) is 16.0. The number of nitrogens with one attached hydrogen (secondary N) is 3. The van der Waals surface area contributed by atoms with Gasteiger partial charge in [-0.3, -0.25) is 4.79 Å². The molecule has 0 unspecified atom stereocenters. The SMILES string of the molecule is COCCNCCNS(=O)(=O)c1ccc2c(c1)C(=O)NCC2.Cl. The summed E-state index contributed by atoms with van der Waals surface area (Å²) in [5.74, 6) is -0.223. The molecule has 0 fully saturated rings. The van der Waals surface area contributed by atoms with Crippen molar-refractivity contribution in [3.63, 3.8) is 0 Å². The molecule has 1 aliphatic rings. The van der Waals surface area contributed by atoms with Gasteiger partial charge in [0.15, 0.2) is 0 Å². The van der Waals surface area contributed by atoms with Crippen molar-refractivity contribution in [3.8, 4) is 0 Å². The number of hydrogen-bond donors (Lipinski definition) is 3. The molecule has 1 heterocycles. The van der Waals surface area contributed by atoms with E-state index in [0.29, 0.717) is 31.8 Å². The van der Waals surface area contributed by atoms with Crippen LogP contribution in [0.1, 0.15) is 15.9 Å². The first-order chi connectivity index (χ1) is 10.5. The molecule has 1 aliphatic heterocycles. The third kappa shape index (κ3) is 5.43. The van der Waals surface area contributed by atoms with Gasteiger partial charge in [-0.15, -0.1) is 12.4 Å². The number of rotatable bonds is 8. The van der Waals surface area contributed by atoms with Crippen LogP contribution in [0.25, 0.3) is 0 Å². The van der Waals surface area contributed by atoms with Crippen molar-refractivity contribution in [2.24, 2.45) is 0 Å². The molecule has 0 bridgehead atoms. The molecule has 0 spiro atoms. The van der Waals surface area contributed by atoms with E-state index in [4.69, 9.17) is 4.74 Å². The molecule has 0 aromatic heterocycles. The van der Waals surface area contributed by atoms with E-state index in [9.17, 15) is 13.2 Å². The third-order valence-corrected chi connectivity index (χ3v) is 4.85. The molecule has 0 radical (unpaired) electrons. The van der Waals surface area contributed by atoms with E-state index in [2.05, 4.69) is 15.4 Å². The van der Waals surface area contributed by atoms with Crippen LogP contribution >= 0.6 is 12.4 Å². The zero-order valence-electron chi connectivity index (χ0n) is 12.9. The fourth-order valence-electron chi connectivity index (χ4n) is 2.21. The van der Waals surface area contributed by atoms with Crippen molar-refractivity contribution in [2.75, 3.05) is 39.9 Å². The lowest BCUT2D eigenvalue weighted by Gasteiger charge is -2.17. The van der Waals surface area contributed by atoms with Gasteiger partial charge in [-0.2, -0.15) is 0 Å². The minimum Gasteiger partial charge on any atom is -0.383 e. The Morgan fingerprint density at radius 1 is 1.26 bits per heavy atom. The number of fused-ring (bicyclic) bond motifs is 1. The summed E-state index contributed by atoms with van der Waals surface area (Å²) in [5, 5.41) is 5.76. The first-order valence-corrected chi connectivity index (χ1v) is 8.63. The number of sulfonamides is 1. The molecule has 1 aromatic carbocycles. The molecule has 1 amide bonds. The summed E-state index contributed by atoms with van der Waals surface area (Å²) in [6.45, 7) is 2.61. The van der Waals surface area contributed by atoms with Crippen molar-refractivity contribution in [1.29, 1.82) is 0 Å². The summed E-state index contributed by atoms with van der Waals surface area (Å²) in [5.41, 5.74) is 1.32. The van der Waals surface area contributed by atoms with Crippen molar-refractivity contribution in [2.45, 2.75) is 11.3 Å². The lowest BCUT2D eigenvalue weighted by Crippen LogP contribution is -2.34. The highest BCUT2D eigenvalue weighted by molar-refractivity contribution is 7.89. The lowest BCUT2D eigenvalue weighted by atomic mass is 10.0. The van der Waals surface area contributed by atoms with Gasteiger partial charge in [0.2, 0.25) is 10.0 Å². The largest absolute Gasteiger partial charge is 0.383 e. The van der Waals surface area contributed by atoms with E-state index < -0.39 is 10.0 Å². The second kappa shape index (κ2) is 9.19. The highest BCUT2D eigenvalue weighted by Gasteiger charge is 2.21. The average Bonchev–Trinajstić information content (AvgIpc) is 2.51. The molecule has 0 atom stereocenters. The third-order valence-electron chi connectivity index (χ3n) is 3.39. The second-order valence-corrected chi connectivity index (χ2v) is 6.73. The molecule has 130 valence electrons. The molecule has 7 nitrogen and oxygen atoms in total. The van der Waals surface area contributed by atoms with E-state index in [1.165, 1.54) is 12.1 Å². The minimum atomic E-state index is -3.61. The Bertz CT molecular complexity index is 637.